The molecule has 0 aromatic carbocycles. The van der Waals surface area contributed by atoms with Crippen molar-refractivity contribution in [1.82, 2.24) is 5.32 Å². The highest BCUT2D eigenvalue weighted by Crippen LogP contribution is 2.00. The summed E-state index contributed by atoms with van der Waals surface area (Å²) >= 11 is 0. The summed E-state index contributed by atoms with van der Waals surface area (Å²) in [6.07, 6.45) is 7.98. The second-order valence-electron chi connectivity index (χ2n) is 1.96. The van der Waals surface area contributed by atoms with Gasteiger partial charge in [-0.2, -0.15) is 0 Å². The van der Waals surface area contributed by atoms with Crippen LogP contribution < -0.4 is 5.32 Å². The average Bonchev–Trinajstić information content (AvgIpc) is 1.99. The number of hydrogen-bond acceptors (Lipinski definition) is 1. The van der Waals surface area contributed by atoms with E-state index in [1.807, 2.05) is 13.0 Å². The Hall–Kier alpha value is -1.16. The lowest BCUT2D eigenvalue weighted by Crippen LogP contribution is -2.03. The maximum Gasteiger partial charge on any atom is 0.0850 e. The van der Waals surface area contributed by atoms with Crippen molar-refractivity contribution in [2.24, 2.45) is 0 Å². The monoisotopic (exact) mass is 135 g/mol. The first-order valence-corrected chi connectivity index (χ1v) is 3.28. The molecule has 1 nitrogen and oxygen atoms in total. The predicted molar refractivity (Wildman–Crippen MR) is 45.4 cm³/mol. The van der Waals surface area contributed by atoms with E-state index in [2.05, 4.69) is 17.8 Å². The van der Waals surface area contributed by atoms with Gasteiger partial charge >= 0.3 is 0 Å². The van der Waals surface area contributed by atoms with Gasteiger partial charge in [-0.1, -0.05) is 25.0 Å². The van der Waals surface area contributed by atoms with Crippen molar-refractivity contribution in [3.8, 4) is 12.3 Å². The van der Waals surface area contributed by atoms with Crippen LogP contribution in [0, 0.1) is 12.3 Å². The summed E-state index contributed by atoms with van der Waals surface area (Å²) in [5.74, 6) is 2.51. The minimum absolute atomic E-state index is 0.784. The van der Waals surface area contributed by atoms with Crippen LogP contribution in [0.3, 0.4) is 0 Å². The van der Waals surface area contributed by atoms with Gasteiger partial charge in [-0.25, -0.2) is 0 Å². The van der Waals surface area contributed by atoms with Crippen molar-refractivity contribution in [2.75, 3.05) is 7.05 Å². The lowest BCUT2D eigenvalue weighted by atomic mass is 10.2. The van der Waals surface area contributed by atoms with Crippen molar-refractivity contribution in [3.63, 3.8) is 0 Å². The number of hydrogen-bond donors (Lipinski definition) is 1. The van der Waals surface area contributed by atoms with Crippen molar-refractivity contribution in [3.05, 3.63) is 23.9 Å². The molecule has 0 atom stereocenters. The first-order chi connectivity index (χ1) is 4.74. The van der Waals surface area contributed by atoms with Gasteiger partial charge in [0, 0.05) is 7.05 Å². The van der Waals surface area contributed by atoms with E-state index in [4.69, 9.17) is 6.42 Å². The summed E-state index contributed by atoms with van der Waals surface area (Å²) in [6.45, 7) is 5.84. The molecule has 0 saturated carbocycles. The molecule has 0 bridgehead atoms. The molecule has 0 aromatic heterocycles. The van der Waals surface area contributed by atoms with Crippen LogP contribution in [0.25, 0.3) is 0 Å². The lowest BCUT2D eigenvalue weighted by Gasteiger charge is -1.97. The number of terminal acetylenes is 1. The summed E-state index contributed by atoms with van der Waals surface area (Å²) in [7, 11) is 1.80. The first kappa shape index (κ1) is 8.84. The van der Waals surface area contributed by atoms with Crippen LogP contribution in [-0.2, 0) is 0 Å². The SMILES string of the molecule is C#C/C(=C/C(=C)CC)NC. The van der Waals surface area contributed by atoms with Crippen LogP contribution >= 0.6 is 0 Å². The molecule has 0 rings (SSSR count). The van der Waals surface area contributed by atoms with Gasteiger partial charge in [0.1, 0.15) is 0 Å². The van der Waals surface area contributed by atoms with Gasteiger partial charge in [-0.3, -0.25) is 0 Å². The summed E-state index contributed by atoms with van der Waals surface area (Å²) < 4.78 is 0. The zero-order chi connectivity index (χ0) is 7.98. The van der Waals surface area contributed by atoms with Crippen molar-refractivity contribution in [2.45, 2.75) is 13.3 Å². The van der Waals surface area contributed by atoms with Crippen molar-refractivity contribution in [1.29, 1.82) is 0 Å². The molecule has 0 unspecified atom stereocenters. The summed E-state index contributed by atoms with van der Waals surface area (Å²) in [5, 5.41) is 2.88. The van der Waals surface area contributed by atoms with E-state index >= 15 is 0 Å². The van der Waals surface area contributed by atoms with Gasteiger partial charge in [0.15, 0.2) is 0 Å². The second kappa shape index (κ2) is 4.69. The fraction of sp³-hybridized carbons (Fsp3) is 0.333. The molecule has 0 aromatic rings. The molecule has 0 amide bonds. The predicted octanol–water partition coefficient (Wildman–Crippen LogP) is 1.69. The minimum Gasteiger partial charge on any atom is -0.381 e. The third-order valence-corrected chi connectivity index (χ3v) is 1.23. The van der Waals surface area contributed by atoms with Gasteiger partial charge in [-0.05, 0) is 12.5 Å². The van der Waals surface area contributed by atoms with E-state index in [0.29, 0.717) is 0 Å². The molecule has 0 aliphatic rings. The van der Waals surface area contributed by atoms with Gasteiger partial charge < -0.3 is 5.32 Å². The Labute approximate surface area is 62.8 Å². The number of rotatable bonds is 3. The molecule has 0 fully saturated rings. The molecule has 0 heterocycles. The quantitative estimate of drug-likeness (QED) is 0.458. The van der Waals surface area contributed by atoms with E-state index in [-0.39, 0.29) is 0 Å². The summed E-state index contributed by atoms with van der Waals surface area (Å²) in [6, 6.07) is 0. The Bertz CT molecular complexity index is 181. The standard InChI is InChI=1S/C9H13N/c1-5-8(3)7-9(6-2)10-4/h2,7,10H,3,5H2,1,4H3/b9-7-. The Morgan fingerprint density at radius 1 is 1.80 bits per heavy atom. The van der Waals surface area contributed by atoms with Crippen LogP contribution in [0.15, 0.2) is 23.9 Å². The Kier molecular flexibility index (Phi) is 4.15. The fourth-order valence-electron chi connectivity index (χ4n) is 0.492. The van der Waals surface area contributed by atoms with Crippen molar-refractivity contribution < 1.29 is 0 Å². The molecule has 0 aliphatic heterocycles. The molecule has 1 N–H and O–H groups in total. The second-order valence-corrected chi connectivity index (χ2v) is 1.96. The van der Waals surface area contributed by atoms with E-state index in [0.717, 1.165) is 17.7 Å². The Balaban J connectivity index is 4.14. The molecule has 0 radical (unpaired) electrons. The van der Waals surface area contributed by atoms with E-state index in [1.165, 1.54) is 0 Å². The van der Waals surface area contributed by atoms with Crippen molar-refractivity contribution >= 4 is 0 Å². The summed E-state index contributed by atoms with van der Waals surface area (Å²) in [5.41, 5.74) is 1.83. The lowest BCUT2D eigenvalue weighted by molar-refractivity contribution is 1.03. The Morgan fingerprint density at radius 3 is 2.70 bits per heavy atom. The molecule has 10 heavy (non-hydrogen) atoms. The largest absolute Gasteiger partial charge is 0.381 e. The highest BCUT2D eigenvalue weighted by atomic mass is 14.8. The molecule has 0 spiro atoms. The molecule has 0 saturated heterocycles. The molecular formula is C9H13N. The normalized spacial score (nSPS) is 10.3. The minimum atomic E-state index is 0.784. The van der Waals surface area contributed by atoms with Crippen LogP contribution in [0.4, 0.5) is 0 Å². The third kappa shape index (κ3) is 2.99. The van der Waals surface area contributed by atoms with Crippen LogP contribution in [-0.4, -0.2) is 7.05 Å². The first-order valence-electron chi connectivity index (χ1n) is 3.28. The van der Waals surface area contributed by atoms with Gasteiger partial charge in [-0.15, -0.1) is 6.42 Å². The number of nitrogens with one attached hydrogen (secondary N) is 1. The third-order valence-electron chi connectivity index (χ3n) is 1.23. The topological polar surface area (TPSA) is 12.0 Å². The van der Waals surface area contributed by atoms with Gasteiger partial charge in [0.25, 0.3) is 0 Å². The Morgan fingerprint density at radius 2 is 2.40 bits per heavy atom. The maximum absolute atomic E-state index is 5.16. The van der Waals surface area contributed by atoms with Crippen LogP contribution in [0.2, 0.25) is 0 Å². The van der Waals surface area contributed by atoms with Gasteiger partial charge in [0.2, 0.25) is 0 Å². The maximum atomic E-state index is 5.16. The van der Waals surface area contributed by atoms with E-state index in [1.54, 1.807) is 7.05 Å². The average molecular weight is 135 g/mol. The zero-order valence-corrected chi connectivity index (χ0v) is 6.57. The summed E-state index contributed by atoms with van der Waals surface area (Å²) in [4.78, 5) is 0. The smallest absolute Gasteiger partial charge is 0.0850 e. The van der Waals surface area contributed by atoms with Crippen LogP contribution in [0.1, 0.15) is 13.3 Å². The van der Waals surface area contributed by atoms with E-state index in [9.17, 15) is 0 Å². The molecular weight excluding hydrogens is 122 g/mol. The number of allylic oxidation sites excluding steroid dienone is 3. The molecule has 1 heteroatoms. The fourth-order valence-corrected chi connectivity index (χ4v) is 0.492. The highest BCUT2D eigenvalue weighted by molar-refractivity contribution is 5.30. The van der Waals surface area contributed by atoms with E-state index < -0.39 is 0 Å². The van der Waals surface area contributed by atoms with Gasteiger partial charge in [0.05, 0.1) is 5.70 Å². The zero-order valence-electron chi connectivity index (χ0n) is 6.57. The molecule has 54 valence electrons. The van der Waals surface area contributed by atoms with Crippen LogP contribution in [0.5, 0.6) is 0 Å². The highest BCUT2D eigenvalue weighted by Gasteiger charge is 1.87. The molecule has 0 aliphatic carbocycles.